The molecule has 1 aromatic carbocycles. The molecule has 2 saturated heterocycles. The summed E-state index contributed by atoms with van der Waals surface area (Å²) < 4.78 is 36.3. The van der Waals surface area contributed by atoms with E-state index in [-0.39, 0.29) is 53.4 Å². The minimum absolute atomic E-state index is 0. The number of aliphatic hydroxyl groups excluding tert-OH is 5. The Labute approximate surface area is 314 Å². The Kier molecular flexibility index (Phi) is 15.9. The van der Waals surface area contributed by atoms with Gasteiger partial charge in [0.2, 0.25) is 0 Å². The van der Waals surface area contributed by atoms with Crippen LogP contribution in [-0.4, -0.2) is 124 Å². The number of carbonyl (C=O) groups excluding carboxylic acids is 2. The molecule has 50 heavy (non-hydrogen) atoms. The van der Waals surface area contributed by atoms with E-state index in [9.17, 15) is 40.2 Å². The minimum atomic E-state index is -1.61. The van der Waals surface area contributed by atoms with Crippen LogP contribution in [0.15, 0.2) is 30.3 Å². The van der Waals surface area contributed by atoms with Gasteiger partial charge in [-0.05, 0) is 56.6 Å². The molecule has 15 heteroatoms. The quantitative estimate of drug-likeness (QED) is 0.109. The third-order valence-corrected chi connectivity index (χ3v) is 10.3. The summed E-state index contributed by atoms with van der Waals surface area (Å²) in [7, 11) is 0. The summed E-state index contributed by atoms with van der Waals surface area (Å²) in [4.78, 5) is 25.8. The normalized spacial score (nSPS) is 38.8. The second kappa shape index (κ2) is 19.2. The van der Waals surface area contributed by atoms with Crippen molar-refractivity contribution >= 4 is 11.9 Å². The van der Waals surface area contributed by atoms with E-state index in [1.165, 1.54) is 12.1 Å². The molecule has 14 nitrogen and oxygen atoms in total. The van der Waals surface area contributed by atoms with Gasteiger partial charge in [-0.3, -0.25) is 0 Å². The van der Waals surface area contributed by atoms with Crippen molar-refractivity contribution in [2.75, 3.05) is 6.61 Å². The molecule has 4 aliphatic rings. The van der Waals surface area contributed by atoms with E-state index in [2.05, 4.69) is 0 Å². The van der Waals surface area contributed by atoms with Crippen LogP contribution in [0.5, 0.6) is 0 Å². The molecule has 5 N–H and O–H groups in total. The summed E-state index contributed by atoms with van der Waals surface area (Å²) in [5.74, 6) is -2.06. The zero-order chi connectivity index (χ0) is 35.2. The molecular weight excluding hydrogens is 667 g/mol. The van der Waals surface area contributed by atoms with E-state index in [0.717, 1.165) is 38.5 Å². The minimum Gasteiger partial charge on any atom is -0.547 e. The van der Waals surface area contributed by atoms with Crippen molar-refractivity contribution in [1.29, 1.82) is 0 Å². The molecule has 0 bridgehead atoms. The van der Waals surface area contributed by atoms with Crippen molar-refractivity contribution in [3.63, 3.8) is 0 Å². The Bertz CT molecular complexity index is 1200. The standard InChI is InChI=1S/C35H52O14.Na/c1-18-13-14-22(46-34-29(40)28(39)26(37)19(2)44-34)23(15-18)47-35-31(49-33(43)21-11-7-4-8-12-21)30(27(38)25(17-36)48-35)45-24(32(41)42)16-20-9-5-3-6-10-20;/h4,7-8,11-12,18-20,22-31,34-40H,3,5-6,9-10,13-17H2,1-2H3,(H,41,42);/q;+1/p-1/t18-,19+,22-,23-,24+,25-,26-,27+,28-,29+,30+,31-,34+,35-;/m1./s1. The largest absolute Gasteiger partial charge is 1.00 e. The van der Waals surface area contributed by atoms with Crippen molar-refractivity contribution in [1.82, 2.24) is 0 Å². The maximum atomic E-state index is 13.4. The van der Waals surface area contributed by atoms with Crippen LogP contribution in [0.4, 0.5) is 0 Å². The van der Waals surface area contributed by atoms with Crippen molar-refractivity contribution in [3.05, 3.63) is 35.9 Å². The molecule has 2 aliphatic heterocycles. The second-order valence-electron chi connectivity index (χ2n) is 14.0. The summed E-state index contributed by atoms with van der Waals surface area (Å²) in [5, 5.41) is 65.1. The number of aliphatic carboxylic acids is 1. The molecule has 2 heterocycles. The van der Waals surface area contributed by atoms with E-state index in [1.807, 2.05) is 6.92 Å². The predicted molar refractivity (Wildman–Crippen MR) is 167 cm³/mol. The average Bonchev–Trinajstić information content (AvgIpc) is 3.10. The first kappa shape index (κ1) is 41.5. The third-order valence-electron chi connectivity index (χ3n) is 10.3. The molecule has 0 amide bonds. The molecule has 2 saturated carbocycles. The van der Waals surface area contributed by atoms with Crippen LogP contribution in [0.1, 0.15) is 82.0 Å². The SMILES string of the molecule is C[C@@H]1CC[C@@H](O[C@@H]2O[C@@H](C)[C@@H](O)[C@@H](O)[C@@H]2O)[C@H](O[C@@H]2O[C@H](CO)[C@H](O)[C@H](O[C@@H](CC3CCCCC3)C(=O)[O-])[C@H]2OC(=O)c2ccccc2)C1.[Na+]. The topological polar surface area (TPSA) is 214 Å². The van der Waals surface area contributed by atoms with Gasteiger partial charge in [0, 0.05) is 0 Å². The van der Waals surface area contributed by atoms with Crippen molar-refractivity contribution in [3.8, 4) is 0 Å². The van der Waals surface area contributed by atoms with Crippen LogP contribution < -0.4 is 34.7 Å². The van der Waals surface area contributed by atoms with Gasteiger partial charge in [0.15, 0.2) is 18.7 Å². The number of rotatable bonds is 12. The van der Waals surface area contributed by atoms with Gasteiger partial charge in [-0.2, -0.15) is 0 Å². The molecular formula is C35H51NaO14. The van der Waals surface area contributed by atoms with Gasteiger partial charge in [-0.25, -0.2) is 4.79 Å². The van der Waals surface area contributed by atoms with Crippen molar-refractivity contribution in [2.45, 2.75) is 151 Å². The average molecular weight is 719 g/mol. The van der Waals surface area contributed by atoms with E-state index in [4.69, 9.17) is 28.4 Å². The fourth-order valence-corrected chi connectivity index (χ4v) is 7.39. The van der Waals surface area contributed by atoms with E-state index in [1.54, 1.807) is 25.1 Å². The Morgan fingerprint density at radius 1 is 0.840 bits per heavy atom. The van der Waals surface area contributed by atoms with E-state index in [0.29, 0.717) is 12.8 Å². The molecule has 5 rings (SSSR count). The molecule has 0 aromatic heterocycles. The third kappa shape index (κ3) is 10.2. The van der Waals surface area contributed by atoms with Gasteiger partial charge in [0.25, 0.3) is 0 Å². The summed E-state index contributed by atoms with van der Waals surface area (Å²) in [6.45, 7) is 2.88. The molecule has 4 fully saturated rings. The molecule has 0 unspecified atom stereocenters. The van der Waals surface area contributed by atoms with Crippen molar-refractivity contribution in [2.24, 2.45) is 11.8 Å². The second-order valence-corrected chi connectivity index (χ2v) is 14.0. The van der Waals surface area contributed by atoms with Gasteiger partial charge >= 0.3 is 35.5 Å². The van der Waals surface area contributed by atoms with Crippen LogP contribution in [0.25, 0.3) is 0 Å². The number of ether oxygens (including phenoxy) is 6. The fraction of sp³-hybridized carbons (Fsp3) is 0.771. The van der Waals surface area contributed by atoms with Crippen molar-refractivity contribution < 1.29 is 98.2 Å². The van der Waals surface area contributed by atoms with E-state index < -0.39 is 98.3 Å². The Morgan fingerprint density at radius 2 is 1.52 bits per heavy atom. The van der Waals surface area contributed by atoms with E-state index >= 15 is 0 Å². The number of hydrogen-bond donors (Lipinski definition) is 5. The van der Waals surface area contributed by atoms with Crippen LogP contribution >= 0.6 is 0 Å². The number of carboxylic acid groups (broad SMARTS) is 1. The number of benzene rings is 1. The van der Waals surface area contributed by atoms with Gasteiger partial charge < -0.3 is 63.9 Å². The summed E-state index contributed by atoms with van der Waals surface area (Å²) in [6, 6.07) is 8.08. The molecule has 14 atom stereocenters. The number of aliphatic hydroxyl groups is 5. The molecule has 1 aromatic rings. The van der Waals surface area contributed by atoms with Crippen LogP contribution in [-0.2, 0) is 33.2 Å². The summed E-state index contributed by atoms with van der Waals surface area (Å²) >= 11 is 0. The van der Waals surface area contributed by atoms with Gasteiger partial charge in [0.05, 0.1) is 42.6 Å². The van der Waals surface area contributed by atoms with Gasteiger partial charge in [-0.15, -0.1) is 0 Å². The van der Waals surface area contributed by atoms with Crippen LogP contribution in [0, 0.1) is 11.8 Å². The number of carbonyl (C=O) groups is 2. The predicted octanol–water partition coefficient (Wildman–Crippen LogP) is -2.81. The number of carboxylic acids is 1. The molecule has 0 radical (unpaired) electrons. The Morgan fingerprint density at radius 3 is 2.18 bits per heavy atom. The molecule has 276 valence electrons. The fourth-order valence-electron chi connectivity index (χ4n) is 7.39. The zero-order valence-electron chi connectivity index (χ0n) is 29.0. The van der Waals surface area contributed by atoms with Gasteiger partial charge in [-0.1, -0.05) is 57.2 Å². The first-order valence-corrected chi connectivity index (χ1v) is 17.5. The summed E-state index contributed by atoms with van der Waals surface area (Å²) in [5.41, 5.74) is 0.184. The van der Waals surface area contributed by atoms with Gasteiger partial charge in [0.1, 0.15) is 36.6 Å². The maximum absolute atomic E-state index is 13.4. The maximum Gasteiger partial charge on any atom is 1.00 e. The summed E-state index contributed by atoms with van der Waals surface area (Å²) in [6.07, 6.45) is -10.4. The smallest absolute Gasteiger partial charge is 0.547 e. The van der Waals surface area contributed by atoms with Crippen LogP contribution in [0.2, 0.25) is 0 Å². The first-order chi connectivity index (χ1) is 23.5. The number of esters is 1. The molecule has 0 spiro atoms. The molecule has 2 aliphatic carbocycles. The number of hydrogen-bond acceptors (Lipinski definition) is 14. The Balaban J connectivity index is 0.00000562. The van der Waals surface area contributed by atoms with Crippen LogP contribution in [0.3, 0.4) is 0 Å². The zero-order valence-corrected chi connectivity index (χ0v) is 31.0. The first-order valence-electron chi connectivity index (χ1n) is 17.5. The Hall–Kier alpha value is -1.24. The monoisotopic (exact) mass is 718 g/mol.